The third-order valence-electron chi connectivity index (χ3n) is 5.32. The van der Waals surface area contributed by atoms with Crippen molar-refractivity contribution in [1.29, 1.82) is 0 Å². The van der Waals surface area contributed by atoms with Crippen molar-refractivity contribution >= 4 is 47.1 Å². The Balaban J connectivity index is 1.54. The normalized spacial score (nSPS) is 12.3. The lowest BCUT2D eigenvalue weighted by atomic mass is 10.1. The third-order valence-corrected chi connectivity index (χ3v) is 5.74. The van der Waals surface area contributed by atoms with Gasteiger partial charge in [-0.3, -0.25) is 4.79 Å². The standard InChI is InChI=1S/C25H19F4N3O3S/c1-14(22-12-15-6-2-5-9-21(15)35-22)30-24(34)32(36)16-10-11-20(18(13-16)25(27,28)29)31-23(33)17-7-3-4-8-19(17)26/h2-14,36H,1H3,(H,30,34)(H,31,33). The fourth-order valence-corrected chi connectivity index (χ4v) is 3.68. The maximum Gasteiger partial charge on any atom is 0.418 e. The number of anilines is 2. The Morgan fingerprint density at radius 1 is 1.00 bits per heavy atom. The molecule has 0 aliphatic carbocycles. The Morgan fingerprint density at radius 2 is 1.69 bits per heavy atom. The van der Waals surface area contributed by atoms with Gasteiger partial charge in [-0.1, -0.05) is 43.1 Å². The van der Waals surface area contributed by atoms with E-state index in [0.717, 1.165) is 23.6 Å². The number of hydrogen-bond acceptors (Lipinski definition) is 4. The van der Waals surface area contributed by atoms with Gasteiger partial charge in [-0.05, 0) is 49.4 Å². The summed E-state index contributed by atoms with van der Waals surface area (Å²) in [6.07, 6.45) is -4.89. The summed E-state index contributed by atoms with van der Waals surface area (Å²) in [6, 6.07) is 15.3. The van der Waals surface area contributed by atoms with Crippen LogP contribution in [0.2, 0.25) is 0 Å². The van der Waals surface area contributed by atoms with Crippen molar-refractivity contribution < 1.29 is 31.6 Å². The number of para-hydroxylation sites is 1. The second-order valence-corrected chi connectivity index (χ2v) is 8.23. The zero-order valence-corrected chi connectivity index (χ0v) is 19.5. The summed E-state index contributed by atoms with van der Waals surface area (Å²) in [5, 5.41) is 5.53. The summed E-state index contributed by atoms with van der Waals surface area (Å²) in [5.41, 5.74) is -1.83. The predicted molar refractivity (Wildman–Crippen MR) is 130 cm³/mol. The molecule has 1 unspecified atom stereocenters. The first-order chi connectivity index (χ1) is 17.0. The van der Waals surface area contributed by atoms with Crippen molar-refractivity contribution in [3.63, 3.8) is 0 Å². The maximum atomic E-state index is 13.9. The van der Waals surface area contributed by atoms with Gasteiger partial charge >= 0.3 is 12.2 Å². The topological polar surface area (TPSA) is 74.6 Å². The van der Waals surface area contributed by atoms with Gasteiger partial charge in [-0.15, -0.1) is 0 Å². The first kappa shape index (κ1) is 25.1. The van der Waals surface area contributed by atoms with Gasteiger partial charge in [0, 0.05) is 5.39 Å². The monoisotopic (exact) mass is 517 g/mol. The van der Waals surface area contributed by atoms with E-state index in [-0.39, 0.29) is 5.69 Å². The highest BCUT2D eigenvalue weighted by Crippen LogP contribution is 2.38. The highest BCUT2D eigenvalue weighted by Gasteiger charge is 2.35. The highest BCUT2D eigenvalue weighted by molar-refractivity contribution is 7.82. The summed E-state index contributed by atoms with van der Waals surface area (Å²) >= 11 is 4.06. The molecule has 1 atom stereocenters. The molecule has 0 aliphatic rings. The molecule has 1 aromatic heterocycles. The van der Waals surface area contributed by atoms with Crippen LogP contribution in [-0.2, 0) is 6.18 Å². The van der Waals surface area contributed by atoms with E-state index in [1.54, 1.807) is 25.1 Å². The van der Waals surface area contributed by atoms with E-state index in [9.17, 15) is 27.2 Å². The number of carbonyl (C=O) groups excluding carboxylic acids is 2. The van der Waals surface area contributed by atoms with Crippen molar-refractivity contribution in [3.8, 4) is 0 Å². The number of nitrogens with zero attached hydrogens (tertiary/aromatic N) is 1. The Bertz CT molecular complexity index is 1400. The molecule has 0 fully saturated rings. The van der Waals surface area contributed by atoms with Crippen LogP contribution >= 0.6 is 12.8 Å². The van der Waals surface area contributed by atoms with Gasteiger partial charge in [-0.2, -0.15) is 13.2 Å². The lowest BCUT2D eigenvalue weighted by Crippen LogP contribution is -2.35. The zero-order valence-electron chi connectivity index (χ0n) is 18.6. The van der Waals surface area contributed by atoms with Crippen LogP contribution in [0.25, 0.3) is 11.0 Å². The summed E-state index contributed by atoms with van der Waals surface area (Å²) in [6.45, 7) is 1.65. The molecule has 0 bridgehead atoms. The second-order valence-electron chi connectivity index (χ2n) is 7.83. The van der Waals surface area contributed by atoms with Gasteiger partial charge in [0.1, 0.15) is 17.2 Å². The predicted octanol–water partition coefficient (Wildman–Crippen LogP) is 6.97. The maximum absolute atomic E-state index is 13.9. The summed E-state index contributed by atoms with van der Waals surface area (Å²) in [5.74, 6) is -1.48. The molecule has 4 rings (SSSR count). The zero-order chi connectivity index (χ0) is 26.0. The molecule has 3 amide bonds. The number of amides is 3. The number of urea groups is 1. The van der Waals surface area contributed by atoms with Crippen molar-refractivity contribution in [3.05, 3.63) is 95.5 Å². The quantitative estimate of drug-likeness (QED) is 0.198. The number of nitrogens with one attached hydrogen (secondary N) is 2. The van der Waals surface area contributed by atoms with Gasteiger partial charge in [-0.25, -0.2) is 13.5 Å². The average molecular weight is 518 g/mol. The van der Waals surface area contributed by atoms with E-state index in [1.807, 2.05) is 12.1 Å². The van der Waals surface area contributed by atoms with Crippen LogP contribution in [0.3, 0.4) is 0 Å². The number of rotatable bonds is 5. The fourth-order valence-electron chi connectivity index (χ4n) is 3.49. The molecular weight excluding hydrogens is 498 g/mol. The van der Waals surface area contributed by atoms with E-state index < -0.39 is 46.8 Å². The first-order valence-electron chi connectivity index (χ1n) is 10.6. The second kappa shape index (κ2) is 9.94. The highest BCUT2D eigenvalue weighted by atomic mass is 32.1. The SMILES string of the molecule is CC(NC(=O)N(S)c1ccc(NC(=O)c2ccccc2F)c(C(F)(F)F)c1)c1cc2ccccc2o1. The minimum atomic E-state index is -4.89. The molecule has 1 heterocycles. The molecule has 11 heteroatoms. The Kier molecular flexibility index (Phi) is 6.93. The smallest absolute Gasteiger partial charge is 0.418 e. The van der Waals surface area contributed by atoms with E-state index in [4.69, 9.17) is 4.42 Å². The number of hydrogen-bond donors (Lipinski definition) is 3. The number of carbonyl (C=O) groups is 2. The number of thiol groups is 1. The van der Waals surface area contributed by atoms with Crippen LogP contribution in [0.15, 0.2) is 77.2 Å². The van der Waals surface area contributed by atoms with Gasteiger partial charge in [0.05, 0.1) is 28.5 Å². The molecule has 3 aromatic carbocycles. The molecule has 36 heavy (non-hydrogen) atoms. The van der Waals surface area contributed by atoms with Crippen LogP contribution in [-0.4, -0.2) is 11.9 Å². The lowest BCUT2D eigenvalue weighted by Gasteiger charge is -2.21. The third kappa shape index (κ3) is 5.30. The summed E-state index contributed by atoms with van der Waals surface area (Å²) in [7, 11) is 0. The van der Waals surface area contributed by atoms with Crippen molar-refractivity contribution in [2.45, 2.75) is 19.1 Å². The molecule has 4 aromatic rings. The summed E-state index contributed by atoms with van der Waals surface area (Å²) in [4.78, 5) is 25.0. The Morgan fingerprint density at radius 3 is 2.39 bits per heavy atom. The van der Waals surface area contributed by atoms with E-state index in [2.05, 4.69) is 23.4 Å². The van der Waals surface area contributed by atoms with Gasteiger partial charge < -0.3 is 15.1 Å². The van der Waals surface area contributed by atoms with E-state index >= 15 is 0 Å². The van der Waals surface area contributed by atoms with Gasteiger partial charge in [0.2, 0.25) is 0 Å². The molecule has 186 valence electrons. The van der Waals surface area contributed by atoms with Crippen molar-refractivity contribution in [1.82, 2.24) is 5.32 Å². The van der Waals surface area contributed by atoms with Crippen molar-refractivity contribution in [2.75, 3.05) is 9.62 Å². The van der Waals surface area contributed by atoms with Crippen LogP contribution in [0.1, 0.15) is 34.6 Å². The molecule has 2 N–H and O–H groups in total. The van der Waals surface area contributed by atoms with Gasteiger partial charge in [0.25, 0.3) is 5.91 Å². The van der Waals surface area contributed by atoms with Crippen molar-refractivity contribution in [2.24, 2.45) is 0 Å². The molecule has 0 aliphatic heterocycles. The molecule has 6 nitrogen and oxygen atoms in total. The molecule has 0 saturated heterocycles. The van der Waals surface area contributed by atoms with E-state index in [0.29, 0.717) is 21.7 Å². The van der Waals surface area contributed by atoms with Crippen LogP contribution in [0, 0.1) is 5.82 Å². The summed E-state index contributed by atoms with van der Waals surface area (Å²) < 4.78 is 61.6. The molecule has 0 saturated carbocycles. The van der Waals surface area contributed by atoms with Crippen LogP contribution in [0.5, 0.6) is 0 Å². The fraction of sp³-hybridized carbons (Fsp3) is 0.120. The Labute approximate surface area is 208 Å². The molecular formula is C25H19F4N3O3S. The number of benzene rings is 3. The minimum absolute atomic E-state index is 0.205. The Hall–Kier alpha value is -3.99. The molecule has 0 spiro atoms. The lowest BCUT2D eigenvalue weighted by molar-refractivity contribution is -0.136. The minimum Gasteiger partial charge on any atom is -0.459 e. The molecule has 0 radical (unpaired) electrons. The number of furan rings is 1. The number of fused-ring (bicyclic) bond motifs is 1. The average Bonchev–Trinajstić information content (AvgIpc) is 3.28. The van der Waals surface area contributed by atoms with E-state index in [1.165, 1.54) is 18.2 Å². The largest absolute Gasteiger partial charge is 0.459 e. The number of alkyl halides is 3. The first-order valence-corrected chi connectivity index (χ1v) is 11.0. The van der Waals surface area contributed by atoms with Crippen LogP contribution < -0.4 is 14.9 Å². The number of halogens is 4. The van der Waals surface area contributed by atoms with Crippen LogP contribution in [0.4, 0.5) is 33.7 Å². The van der Waals surface area contributed by atoms with Gasteiger partial charge in [0.15, 0.2) is 0 Å².